The van der Waals surface area contributed by atoms with Gasteiger partial charge in [0.05, 0.1) is 7.11 Å². The van der Waals surface area contributed by atoms with Gasteiger partial charge in [0.1, 0.15) is 5.75 Å². The van der Waals surface area contributed by atoms with Crippen molar-refractivity contribution in [2.75, 3.05) is 33.3 Å². The van der Waals surface area contributed by atoms with Crippen molar-refractivity contribution >= 4 is 40.7 Å². The highest BCUT2D eigenvalue weighted by molar-refractivity contribution is 9.10. The zero-order valence-corrected chi connectivity index (χ0v) is 16.3. The first-order valence-electron chi connectivity index (χ1n) is 7.04. The lowest BCUT2D eigenvalue weighted by atomic mass is 9.97. The van der Waals surface area contributed by atoms with Crippen LogP contribution in [0.4, 0.5) is 0 Å². The van der Waals surface area contributed by atoms with Gasteiger partial charge in [0.2, 0.25) is 0 Å². The second-order valence-corrected chi connectivity index (χ2v) is 6.20. The number of nitrogens with zero attached hydrogens (tertiary/aromatic N) is 1. The Hall–Kier alpha value is -0.260. The van der Waals surface area contributed by atoms with Gasteiger partial charge >= 0.3 is 0 Å². The first kappa shape index (κ1) is 21.7. The molecule has 0 bridgehead atoms. The van der Waals surface area contributed by atoms with E-state index in [0.717, 1.165) is 42.8 Å². The number of hydrogen-bond acceptors (Lipinski definition) is 3. The molecule has 1 aromatic carbocycles. The van der Waals surface area contributed by atoms with E-state index in [2.05, 4.69) is 51.8 Å². The lowest BCUT2D eigenvalue weighted by Crippen LogP contribution is -2.45. The van der Waals surface area contributed by atoms with Crippen LogP contribution in [0.2, 0.25) is 0 Å². The van der Waals surface area contributed by atoms with E-state index in [4.69, 9.17) is 4.74 Å². The van der Waals surface area contributed by atoms with Gasteiger partial charge in [-0.3, -0.25) is 4.90 Å². The first-order valence-corrected chi connectivity index (χ1v) is 7.83. The summed E-state index contributed by atoms with van der Waals surface area (Å²) in [4.78, 5) is 2.53. The minimum atomic E-state index is 0. The number of nitrogens with one attached hydrogen (secondary N) is 1. The van der Waals surface area contributed by atoms with Crippen molar-refractivity contribution in [2.45, 2.75) is 19.4 Å². The maximum atomic E-state index is 5.38. The van der Waals surface area contributed by atoms with E-state index < -0.39 is 0 Å². The van der Waals surface area contributed by atoms with Crippen molar-refractivity contribution in [3.63, 3.8) is 0 Å². The minimum Gasteiger partial charge on any atom is -0.497 e. The summed E-state index contributed by atoms with van der Waals surface area (Å²) in [6.45, 7) is 10.4. The molecule has 1 aliphatic heterocycles. The van der Waals surface area contributed by atoms with Gasteiger partial charge in [0.25, 0.3) is 0 Å². The molecule has 6 heteroatoms. The van der Waals surface area contributed by atoms with Gasteiger partial charge < -0.3 is 10.1 Å². The molecule has 22 heavy (non-hydrogen) atoms. The lowest BCUT2D eigenvalue weighted by Gasteiger charge is -2.36. The fourth-order valence-electron chi connectivity index (χ4n) is 2.66. The molecule has 1 aliphatic rings. The molecule has 1 aromatic rings. The van der Waals surface area contributed by atoms with Gasteiger partial charge in [-0.05, 0) is 37.1 Å². The molecule has 2 rings (SSSR count). The summed E-state index contributed by atoms with van der Waals surface area (Å²) >= 11 is 3.69. The van der Waals surface area contributed by atoms with Gasteiger partial charge in [-0.15, -0.1) is 31.4 Å². The molecule has 1 fully saturated rings. The highest BCUT2D eigenvalue weighted by atomic mass is 79.9. The van der Waals surface area contributed by atoms with Crippen LogP contribution in [0, 0.1) is 0 Å². The maximum Gasteiger partial charge on any atom is 0.119 e. The summed E-state index contributed by atoms with van der Waals surface area (Å²) in [5, 5.41) is 3.41. The number of rotatable bonds is 5. The predicted octanol–water partition coefficient (Wildman–Crippen LogP) is 4.21. The van der Waals surface area contributed by atoms with Crippen molar-refractivity contribution in [1.82, 2.24) is 10.2 Å². The van der Waals surface area contributed by atoms with Gasteiger partial charge in [-0.2, -0.15) is 0 Å². The molecule has 0 aromatic heterocycles. The molecular formula is C16H25BrCl2N2O. The Bertz CT molecular complexity index is 479. The van der Waals surface area contributed by atoms with E-state index in [-0.39, 0.29) is 24.8 Å². The molecule has 0 spiro atoms. The van der Waals surface area contributed by atoms with Crippen molar-refractivity contribution in [2.24, 2.45) is 0 Å². The fourth-order valence-corrected chi connectivity index (χ4v) is 3.17. The maximum absolute atomic E-state index is 5.38. The van der Waals surface area contributed by atoms with E-state index in [0.29, 0.717) is 6.04 Å². The van der Waals surface area contributed by atoms with Gasteiger partial charge in [-0.25, -0.2) is 0 Å². The van der Waals surface area contributed by atoms with Crippen LogP contribution in [-0.2, 0) is 0 Å². The molecule has 1 atom stereocenters. The van der Waals surface area contributed by atoms with Crippen LogP contribution >= 0.6 is 40.7 Å². The van der Waals surface area contributed by atoms with Gasteiger partial charge in [0, 0.05) is 36.7 Å². The number of methoxy groups -OCH3 is 1. The van der Waals surface area contributed by atoms with Crippen LogP contribution in [0.25, 0.3) is 0 Å². The molecule has 0 saturated carbocycles. The second kappa shape index (κ2) is 10.5. The summed E-state index contributed by atoms with van der Waals surface area (Å²) in [6.07, 6.45) is 0.978. The van der Waals surface area contributed by atoms with E-state index in [1.807, 2.05) is 6.07 Å². The molecular weight excluding hydrogens is 387 g/mol. The second-order valence-electron chi connectivity index (χ2n) is 5.35. The van der Waals surface area contributed by atoms with E-state index >= 15 is 0 Å². The Morgan fingerprint density at radius 3 is 2.55 bits per heavy atom. The normalized spacial score (nSPS) is 16.1. The van der Waals surface area contributed by atoms with E-state index in [1.54, 1.807) is 7.11 Å². The van der Waals surface area contributed by atoms with Crippen LogP contribution in [0.3, 0.4) is 0 Å². The quantitative estimate of drug-likeness (QED) is 0.734. The summed E-state index contributed by atoms with van der Waals surface area (Å²) in [5.74, 6) is 0.907. The summed E-state index contributed by atoms with van der Waals surface area (Å²) in [7, 11) is 1.71. The van der Waals surface area contributed by atoms with E-state index in [1.165, 1.54) is 11.1 Å². The third kappa shape index (κ3) is 5.74. The number of hydrogen-bond donors (Lipinski definition) is 1. The smallest absolute Gasteiger partial charge is 0.119 e. The van der Waals surface area contributed by atoms with Crippen molar-refractivity contribution in [3.8, 4) is 5.75 Å². The predicted molar refractivity (Wildman–Crippen MR) is 102 cm³/mol. The molecule has 0 aliphatic carbocycles. The molecule has 1 saturated heterocycles. The third-order valence-corrected chi connectivity index (χ3v) is 4.42. The molecule has 1 heterocycles. The zero-order chi connectivity index (χ0) is 14.5. The zero-order valence-electron chi connectivity index (χ0n) is 13.1. The van der Waals surface area contributed by atoms with Crippen LogP contribution in [0.5, 0.6) is 5.75 Å². The van der Waals surface area contributed by atoms with Gasteiger partial charge in [0.15, 0.2) is 0 Å². The SMILES string of the molecule is C=C(C)C[C@@H](c1cc(OC)ccc1Br)N1CCNCC1.Cl.Cl. The van der Waals surface area contributed by atoms with E-state index in [9.17, 15) is 0 Å². The third-order valence-electron chi connectivity index (χ3n) is 3.70. The largest absolute Gasteiger partial charge is 0.497 e. The molecule has 0 unspecified atom stereocenters. The highest BCUT2D eigenvalue weighted by Crippen LogP contribution is 2.34. The fraction of sp³-hybridized carbons (Fsp3) is 0.500. The van der Waals surface area contributed by atoms with Crippen LogP contribution in [0.15, 0.2) is 34.8 Å². The Labute approximate surface area is 154 Å². The van der Waals surface area contributed by atoms with Crippen LogP contribution < -0.4 is 10.1 Å². The highest BCUT2D eigenvalue weighted by Gasteiger charge is 2.24. The summed E-state index contributed by atoms with van der Waals surface area (Å²) < 4.78 is 6.52. The average molecular weight is 412 g/mol. The standard InChI is InChI=1S/C16H23BrN2O.2ClH/c1-12(2)10-16(19-8-6-18-7-9-19)14-11-13(20-3)4-5-15(14)17;;/h4-5,11,16,18H,1,6-10H2,2-3H3;2*1H/t16-;;/m0../s1. The minimum absolute atomic E-state index is 0. The monoisotopic (exact) mass is 410 g/mol. The molecule has 3 nitrogen and oxygen atoms in total. The van der Waals surface area contributed by atoms with Crippen molar-refractivity contribution in [1.29, 1.82) is 0 Å². The van der Waals surface area contributed by atoms with Gasteiger partial charge in [-0.1, -0.05) is 21.5 Å². The molecule has 0 amide bonds. The van der Waals surface area contributed by atoms with Crippen molar-refractivity contribution < 1.29 is 4.74 Å². The number of benzene rings is 1. The Kier molecular flexibility index (Phi) is 10.4. The molecule has 0 radical (unpaired) electrons. The summed E-state index contributed by atoms with van der Waals surface area (Å²) in [6, 6.07) is 6.56. The molecule has 126 valence electrons. The number of halogens is 3. The Morgan fingerprint density at radius 1 is 1.36 bits per heavy atom. The van der Waals surface area contributed by atoms with Crippen LogP contribution in [0.1, 0.15) is 24.9 Å². The number of piperazine rings is 1. The van der Waals surface area contributed by atoms with Crippen LogP contribution in [-0.4, -0.2) is 38.2 Å². The Balaban J connectivity index is 0.00000220. The topological polar surface area (TPSA) is 24.5 Å². The first-order chi connectivity index (χ1) is 9.61. The Morgan fingerprint density at radius 2 is 2.00 bits per heavy atom. The average Bonchev–Trinajstić information content (AvgIpc) is 2.46. The lowest BCUT2D eigenvalue weighted by molar-refractivity contribution is 0.171. The molecule has 1 N–H and O–H groups in total. The van der Waals surface area contributed by atoms with Crippen molar-refractivity contribution in [3.05, 3.63) is 40.4 Å². The number of ether oxygens (including phenoxy) is 1. The summed E-state index contributed by atoms with van der Waals surface area (Å²) in [5.41, 5.74) is 2.50.